The molecule has 94 valence electrons. The number of benzene rings is 1. The fourth-order valence-corrected chi connectivity index (χ4v) is 2.09. The van der Waals surface area contributed by atoms with Gasteiger partial charge >= 0.3 is 5.97 Å². The number of para-hydroxylation sites is 1. The van der Waals surface area contributed by atoms with Crippen molar-refractivity contribution in [1.82, 2.24) is 0 Å². The number of hydrogen-bond acceptors (Lipinski definition) is 4. The van der Waals surface area contributed by atoms with Crippen LogP contribution in [0.3, 0.4) is 0 Å². The molecule has 4 nitrogen and oxygen atoms in total. The van der Waals surface area contributed by atoms with Gasteiger partial charge in [0.25, 0.3) is 0 Å². The van der Waals surface area contributed by atoms with E-state index in [-0.39, 0.29) is 6.10 Å². The third-order valence-corrected chi connectivity index (χ3v) is 2.94. The largest absolute Gasteiger partial charge is 0.490 e. The number of esters is 1. The summed E-state index contributed by atoms with van der Waals surface area (Å²) in [5.41, 5.74) is 1.13. The molecule has 0 N–H and O–H groups in total. The first-order chi connectivity index (χ1) is 8.74. The molecule has 2 unspecified atom stereocenters. The number of hydrogen-bond donors (Lipinski definition) is 0. The third-order valence-electron chi connectivity index (χ3n) is 2.94. The van der Waals surface area contributed by atoms with E-state index < -0.39 is 11.9 Å². The standard InChI is InChI=1S/C14H15NO3/c1-2-17-14(16)11(9-15)8-12-7-10-5-3-4-6-13(10)18-12/h3-6,11-12H,2,7-8H2,1H3. The number of ether oxygens (including phenoxy) is 2. The van der Waals surface area contributed by atoms with Gasteiger partial charge in [0.2, 0.25) is 0 Å². The predicted octanol–water partition coefficient (Wildman–Crippen LogP) is 2.08. The van der Waals surface area contributed by atoms with E-state index >= 15 is 0 Å². The number of rotatable bonds is 4. The highest BCUT2D eigenvalue weighted by Crippen LogP contribution is 2.30. The molecule has 4 heteroatoms. The topological polar surface area (TPSA) is 59.3 Å². The molecular weight excluding hydrogens is 230 g/mol. The fraction of sp³-hybridized carbons (Fsp3) is 0.429. The first-order valence-corrected chi connectivity index (χ1v) is 6.05. The smallest absolute Gasteiger partial charge is 0.323 e. The van der Waals surface area contributed by atoms with E-state index in [1.807, 2.05) is 30.3 Å². The van der Waals surface area contributed by atoms with Gasteiger partial charge in [-0.2, -0.15) is 5.26 Å². The summed E-state index contributed by atoms with van der Waals surface area (Å²) in [6.45, 7) is 2.02. The molecule has 0 bridgehead atoms. The van der Waals surface area contributed by atoms with Crippen molar-refractivity contribution in [3.8, 4) is 11.8 Å². The van der Waals surface area contributed by atoms with Crippen LogP contribution in [0.5, 0.6) is 5.75 Å². The minimum atomic E-state index is -0.746. The summed E-state index contributed by atoms with van der Waals surface area (Å²) >= 11 is 0. The Balaban J connectivity index is 1.96. The molecular formula is C14H15NO3. The van der Waals surface area contributed by atoms with Crippen LogP contribution >= 0.6 is 0 Å². The molecule has 0 saturated heterocycles. The molecule has 1 aromatic carbocycles. The predicted molar refractivity (Wildman–Crippen MR) is 64.9 cm³/mol. The summed E-state index contributed by atoms with van der Waals surface area (Å²) < 4.78 is 10.6. The second kappa shape index (κ2) is 5.54. The third kappa shape index (κ3) is 2.62. The van der Waals surface area contributed by atoms with E-state index in [2.05, 4.69) is 0 Å². The van der Waals surface area contributed by atoms with Crippen LogP contribution < -0.4 is 4.74 Å². The Morgan fingerprint density at radius 3 is 3.06 bits per heavy atom. The molecule has 0 saturated carbocycles. The van der Waals surface area contributed by atoms with Gasteiger partial charge in [-0.1, -0.05) is 18.2 Å². The minimum Gasteiger partial charge on any atom is -0.490 e. The fourth-order valence-electron chi connectivity index (χ4n) is 2.09. The van der Waals surface area contributed by atoms with Gasteiger partial charge in [0.05, 0.1) is 12.7 Å². The van der Waals surface area contributed by atoms with Crippen molar-refractivity contribution in [1.29, 1.82) is 5.26 Å². The molecule has 0 radical (unpaired) electrons. The average Bonchev–Trinajstić information content (AvgIpc) is 2.78. The van der Waals surface area contributed by atoms with Crippen molar-refractivity contribution in [2.75, 3.05) is 6.61 Å². The zero-order valence-corrected chi connectivity index (χ0v) is 10.3. The van der Waals surface area contributed by atoms with Gasteiger partial charge in [-0.15, -0.1) is 0 Å². The zero-order valence-electron chi connectivity index (χ0n) is 10.3. The number of carbonyl (C=O) groups is 1. The van der Waals surface area contributed by atoms with Gasteiger partial charge in [-0.3, -0.25) is 4.79 Å². The van der Waals surface area contributed by atoms with Gasteiger partial charge < -0.3 is 9.47 Å². The molecule has 0 spiro atoms. The van der Waals surface area contributed by atoms with Crippen LogP contribution in [-0.4, -0.2) is 18.7 Å². The van der Waals surface area contributed by atoms with Gasteiger partial charge in [0.1, 0.15) is 17.8 Å². The van der Waals surface area contributed by atoms with E-state index in [0.717, 1.165) is 17.7 Å². The summed E-state index contributed by atoms with van der Waals surface area (Å²) in [4.78, 5) is 11.5. The quantitative estimate of drug-likeness (QED) is 0.762. The van der Waals surface area contributed by atoms with E-state index in [4.69, 9.17) is 14.7 Å². The number of nitriles is 1. The van der Waals surface area contributed by atoms with Crippen LogP contribution in [0, 0.1) is 17.2 Å². The van der Waals surface area contributed by atoms with Crippen molar-refractivity contribution in [3.63, 3.8) is 0 Å². The summed E-state index contributed by atoms with van der Waals surface area (Å²) in [5, 5.41) is 8.99. The second-order valence-corrected chi connectivity index (χ2v) is 4.22. The molecule has 2 rings (SSSR count). The Morgan fingerprint density at radius 2 is 2.39 bits per heavy atom. The summed E-state index contributed by atoms with van der Waals surface area (Å²) in [6.07, 6.45) is 1.01. The lowest BCUT2D eigenvalue weighted by Gasteiger charge is -2.13. The molecule has 0 fully saturated rings. The first-order valence-electron chi connectivity index (χ1n) is 6.05. The monoisotopic (exact) mass is 245 g/mol. The van der Waals surface area contributed by atoms with Crippen molar-refractivity contribution in [3.05, 3.63) is 29.8 Å². The molecule has 1 aliphatic heterocycles. The van der Waals surface area contributed by atoms with Crippen LogP contribution in [0.25, 0.3) is 0 Å². The lowest BCUT2D eigenvalue weighted by molar-refractivity contribution is -0.146. The summed E-state index contributed by atoms with van der Waals surface area (Å²) in [6, 6.07) is 9.76. The van der Waals surface area contributed by atoms with Crippen LogP contribution in [0.15, 0.2) is 24.3 Å². The minimum absolute atomic E-state index is 0.114. The van der Waals surface area contributed by atoms with Crippen LogP contribution in [0.1, 0.15) is 18.9 Å². The van der Waals surface area contributed by atoms with E-state index in [1.165, 1.54) is 0 Å². The SMILES string of the molecule is CCOC(=O)C(C#N)CC1Cc2ccccc2O1. The van der Waals surface area contributed by atoms with E-state index in [9.17, 15) is 4.79 Å². The number of nitrogens with zero attached hydrogens (tertiary/aromatic N) is 1. The Labute approximate surface area is 106 Å². The molecule has 18 heavy (non-hydrogen) atoms. The Bertz CT molecular complexity index is 453. The highest BCUT2D eigenvalue weighted by molar-refractivity contribution is 5.75. The Hall–Kier alpha value is -2.02. The van der Waals surface area contributed by atoms with Crippen molar-refractivity contribution in [2.24, 2.45) is 5.92 Å². The maximum absolute atomic E-state index is 11.5. The van der Waals surface area contributed by atoms with Gasteiger partial charge in [-0.25, -0.2) is 0 Å². The first kappa shape index (κ1) is 12.4. The Morgan fingerprint density at radius 1 is 1.61 bits per heavy atom. The summed E-state index contributed by atoms with van der Waals surface area (Å²) in [7, 11) is 0. The zero-order chi connectivity index (χ0) is 13.0. The van der Waals surface area contributed by atoms with Crippen molar-refractivity contribution >= 4 is 5.97 Å². The molecule has 0 aliphatic carbocycles. The highest BCUT2D eigenvalue weighted by Gasteiger charge is 2.29. The summed E-state index contributed by atoms with van der Waals surface area (Å²) in [5.74, 6) is -0.355. The molecule has 1 aromatic rings. The molecule has 2 atom stereocenters. The number of carbonyl (C=O) groups excluding carboxylic acids is 1. The number of fused-ring (bicyclic) bond motifs is 1. The Kier molecular flexibility index (Phi) is 3.83. The molecule has 1 aliphatic rings. The van der Waals surface area contributed by atoms with Crippen molar-refractivity contribution < 1.29 is 14.3 Å². The maximum atomic E-state index is 11.5. The van der Waals surface area contributed by atoms with Crippen LogP contribution in [-0.2, 0) is 16.0 Å². The lowest BCUT2D eigenvalue weighted by atomic mass is 10.00. The second-order valence-electron chi connectivity index (χ2n) is 4.22. The lowest BCUT2D eigenvalue weighted by Crippen LogP contribution is -2.24. The highest BCUT2D eigenvalue weighted by atomic mass is 16.5. The van der Waals surface area contributed by atoms with E-state index in [0.29, 0.717) is 13.0 Å². The molecule has 0 amide bonds. The van der Waals surface area contributed by atoms with Gasteiger partial charge in [0, 0.05) is 12.8 Å². The maximum Gasteiger partial charge on any atom is 0.323 e. The van der Waals surface area contributed by atoms with E-state index in [1.54, 1.807) is 6.92 Å². The van der Waals surface area contributed by atoms with Crippen molar-refractivity contribution in [2.45, 2.75) is 25.9 Å². The van der Waals surface area contributed by atoms with Gasteiger partial charge in [0.15, 0.2) is 0 Å². The molecule has 1 heterocycles. The van der Waals surface area contributed by atoms with Crippen LogP contribution in [0.2, 0.25) is 0 Å². The van der Waals surface area contributed by atoms with Gasteiger partial charge in [-0.05, 0) is 18.6 Å². The normalized spacial score (nSPS) is 18.3. The molecule has 0 aromatic heterocycles. The van der Waals surface area contributed by atoms with Crippen LogP contribution in [0.4, 0.5) is 0 Å². The average molecular weight is 245 g/mol.